The van der Waals surface area contributed by atoms with E-state index in [0.29, 0.717) is 0 Å². The maximum atomic E-state index is 2.18. The van der Waals surface area contributed by atoms with Crippen LogP contribution < -0.4 is 0 Å². The second-order valence-electron chi connectivity index (χ2n) is 2.95. The van der Waals surface area contributed by atoms with E-state index in [2.05, 4.69) is 39.8 Å². The summed E-state index contributed by atoms with van der Waals surface area (Å²) >= 11 is 0. The SMILES string of the molecule is CC.Cc1ccc(C)c(C)c1C.[V]. The maximum Gasteiger partial charge on any atom is 0 e. The third-order valence-electron chi connectivity index (χ3n) is 2.33. The molecule has 1 radical (unpaired) electrons. The summed E-state index contributed by atoms with van der Waals surface area (Å²) in [5.41, 5.74) is 5.64. The van der Waals surface area contributed by atoms with Crippen LogP contribution in [0.5, 0.6) is 0 Å². The van der Waals surface area contributed by atoms with Crippen LogP contribution in [0.4, 0.5) is 0 Å². The van der Waals surface area contributed by atoms with Crippen LogP contribution >= 0.6 is 0 Å². The van der Waals surface area contributed by atoms with Crippen LogP contribution in [0, 0.1) is 27.7 Å². The molecule has 0 aliphatic heterocycles. The van der Waals surface area contributed by atoms with Crippen LogP contribution in [-0.2, 0) is 18.6 Å². The molecule has 1 aromatic rings. The molecule has 0 unspecified atom stereocenters. The average molecular weight is 215 g/mol. The van der Waals surface area contributed by atoms with E-state index in [-0.39, 0.29) is 18.6 Å². The summed E-state index contributed by atoms with van der Waals surface area (Å²) in [5, 5.41) is 0. The van der Waals surface area contributed by atoms with Gasteiger partial charge in [-0.3, -0.25) is 0 Å². The van der Waals surface area contributed by atoms with E-state index in [1.54, 1.807) is 0 Å². The minimum atomic E-state index is 0. The van der Waals surface area contributed by atoms with Crippen molar-refractivity contribution in [3.63, 3.8) is 0 Å². The molecule has 0 amide bonds. The predicted octanol–water partition coefficient (Wildman–Crippen LogP) is 3.94. The molecule has 73 valence electrons. The number of benzene rings is 1. The van der Waals surface area contributed by atoms with Crippen molar-refractivity contribution in [2.75, 3.05) is 0 Å². The first-order valence-corrected chi connectivity index (χ1v) is 4.66. The minimum Gasteiger partial charge on any atom is -0.0683 e. The molecular weight excluding hydrogens is 195 g/mol. The monoisotopic (exact) mass is 215 g/mol. The van der Waals surface area contributed by atoms with E-state index in [0.717, 1.165) is 0 Å². The largest absolute Gasteiger partial charge is 0.0683 e. The molecule has 0 heterocycles. The fourth-order valence-electron chi connectivity index (χ4n) is 1.09. The number of rotatable bonds is 0. The van der Waals surface area contributed by atoms with Crippen LogP contribution in [0.25, 0.3) is 0 Å². The zero-order chi connectivity index (χ0) is 9.72. The van der Waals surface area contributed by atoms with Gasteiger partial charge in [0.2, 0.25) is 0 Å². The summed E-state index contributed by atoms with van der Waals surface area (Å²) in [6.07, 6.45) is 0. The second kappa shape index (κ2) is 7.23. The van der Waals surface area contributed by atoms with Crippen LogP contribution in [-0.4, -0.2) is 0 Å². The van der Waals surface area contributed by atoms with Crippen LogP contribution in [0.2, 0.25) is 0 Å². The summed E-state index contributed by atoms with van der Waals surface area (Å²) in [7, 11) is 0. The Morgan fingerprint density at radius 3 is 1.15 bits per heavy atom. The van der Waals surface area contributed by atoms with Gasteiger partial charge in [0.25, 0.3) is 0 Å². The van der Waals surface area contributed by atoms with Gasteiger partial charge in [-0.05, 0) is 49.9 Å². The van der Waals surface area contributed by atoms with E-state index in [1.807, 2.05) is 13.8 Å². The van der Waals surface area contributed by atoms with Crippen molar-refractivity contribution in [2.24, 2.45) is 0 Å². The van der Waals surface area contributed by atoms with E-state index in [9.17, 15) is 0 Å². The molecule has 13 heavy (non-hydrogen) atoms. The standard InChI is InChI=1S/C10H14.C2H6.V/c1-7-5-6-8(2)10(4)9(7)3;1-2;/h5-6H,1-4H3;1-2H3;. The molecule has 0 spiro atoms. The topological polar surface area (TPSA) is 0 Å². The van der Waals surface area contributed by atoms with Crippen molar-refractivity contribution >= 4 is 0 Å². The van der Waals surface area contributed by atoms with Gasteiger partial charge < -0.3 is 0 Å². The minimum absolute atomic E-state index is 0. The summed E-state index contributed by atoms with van der Waals surface area (Å²) in [4.78, 5) is 0. The number of aryl methyl sites for hydroxylation is 2. The third-order valence-corrected chi connectivity index (χ3v) is 2.33. The summed E-state index contributed by atoms with van der Waals surface area (Å²) in [6, 6.07) is 4.36. The molecule has 0 aliphatic carbocycles. The van der Waals surface area contributed by atoms with Gasteiger partial charge in [0.15, 0.2) is 0 Å². The number of hydrogen-bond acceptors (Lipinski definition) is 0. The van der Waals surface area contributed by atoms with Crippen LogP contribution in [0.1, 0.15) is 36.1 Å². The third kappa shape index (κ3) is 4.02. The first-order valence-electron chi connectivity index (χ1n) is 4.66. The van der Waals surface area contributed by atoms with E-state index < -0.39 is 0 Å². The fourth-order valence-corrected chi connectivity index (χ4v) is 1.09. The van der Waals surface area contributed by atoms with E-state index >= 15 is 0 Å². The van der Waals surface area contributed by atoms with Gasteiger partial charge in [-0.2, -0.15) is 0 Å². The molecule has 1 rings (SSSR count). The van der Waals surface area contributed by atoms with Gasteiger partial charge in [-0.15, -0.1) is 0 Å². The molecule has 1 aromatic carbocycles. The normalized spacial score (nSPS) is 8.15. The zero-order valence-corrected chi connectivity index (χ0v) is 11.0. The Hall–Kier alpha value is -0.196. The van der Waals surface area contributed by atoms with Crippen molar-refractivity contribution < 1.29 is 18.6 Å². The first kappa shape index (κ1) is 15.3. The summed E-state index contributed by atoms with van der Waals surface area (Å²) in [6.45, 7) is 12.7. The zero-order valence-electron chi connectivity index (χ0n) is 9.60. The van der Waals surface area contributed by atoms with Gasteiger partial charge in [0.1, 0.15) is 0 Å². The molecule has 0 saturated carbocycles. The molecule has 0 N–H and O–H groups in total. The van der Waals surface area contributed by atoms with Gasteiger partial charge in [0, 0.05) is 18.6 Å². The van der Waals surface area contributed by atoms with Gasteiger partial charge in [-0.1, -0.05) is 26.0 Å². The molecule has 0 fully saturated rings. The van der Waals surface area contributed by atoms with Crippen molar-refractivity contribution in [3.05, 3.63) is 34.4 Å². The van der Waals surface area contributed by atoms with Crippen molar-refractivity contribution in [1.82, 2.24) is 0 Å². The molecule has 0 nitrogen and oxygen atoms in total. The van der Waals surface area contributed by atoms with Crippen molar-refractivity contribution in [2.45, 2.75) is 41.5 Å². The molecular formula is C12H20V. The van der Waals surface area contributed by atoms with Crippen molar-refractivity contribution in [3.8, 4) is 0 Å². The molecule has 0 saturated heterocycles. The van der Waals surface area contributed by atoms with Gasteiger partial charge >= 0.3 is 0 Å². The molecule has 0 aliphatic rings. The van der Waals surface area contributed by atoms with Crippen molar-refractivity contribution in [1.29, 1.82) is 0 Å². The Kier molecular flexibility index (Phi) is 8.50. The molecule has 1 heteroatoms. The van der Waals surface area contributed by atoms with Gasteiger partial charge in [0.05, 0.1) is 0 Å². The summed E-state index contributed by atoms with van der Waals surface area (Å²) in [5.74, 6) is 0. The Bertz CT molecular complexity index is 225. The smallest absolute Gasteiger partial charge is 0 e. The predicted molar refractivity (Wildman–Crippen MR) is 56.7 cm³/mol. The van der Waals surface area contributed by atoms with Gasteiger partial charge in [-0.25, -0.2) is 0 Å². The average Bonchev–Trinajstić information content (AvgIpc) is 2.12. The summed E-state index contributed by atoms with van der Waals surface area (Å²) < 4.78 is 0. The molecule has 0 atom stereocenters. The van der Waals surface area contributed by atoms with E-state index in [1.165, 1.54) is 22.3 Å². The van der Waals surface area contributed by atoms with Crippen LogP contribution in [0.15, 0.2) is 12.1 Å². The maximum absolute atomic E-state index is 2.18. The Labute approximate surface area is 94.6 Å². The quantitative estimate of drug-likeness (QED) is 0.614. The molecule has 0 aromatic heterocycles. The molecule has 0 bridgehead atoms. The first-order chi connectivity index (χ1) is 5.63. The number of hydrogen-bond donors (Lipinski definition) is 0. The fraction of sp³-hybridized carbons (Fsp3) is 0.500. The Morgan fingerprint density at radius 1 is 0.692 bits per heavy atom. The Morgan fingerprint density at radius 2 is 0.923 bits per heavy atom. The van der Waals surface area contributed by atoms with E-state index in [4.69, 9.17) is 0 Å². The Balaban J connectivity index is 0. The van der Waals surface area contributed by atoms with Crippen LogP contribution in [0.3, 0.4) is 0 Å². The second-order valence-corrected chi connectivity index (χ2v) is 2.95.